The van der Waals surface area contributed by atoms with E-state index in [0.717, 1.165) is 29.3 Å². The summed E-state index contributed by atoms with van der Waals surface area (Å²) in [5.41, 5.74) is 0.820. The summed E-state index contributed by atoms with van der Waals surface area (Å²) in [5, 5.41) is 13.8. The molecule has 1 aliphatic carbocycles. The van der Waals surface area contributed by atoms with E-state index in [4.69, 9.17) is 5.26 Å². The fourth-order valence-corrected chi connectivity index (χ4v) is 2.53. The highest BCUT2D eigenvalue weighted by atomic mass is 16.2. The number of nitrogens with one attached hydrogen (secondary N) is 1. The van der Waals surface area contributed by atoms with Crippen LogP contribution in [0.15, 0.2) is 42.5 Å². The lowest BCUT2D eigenvalue weighted by molar-refractivity contribution is 0.210. The van der Waals surface area contributed by atoms with Crippen LogP contribution >= 0.6 is 0 Å². The highest BCUT2D eigenvalue weighted by molar-refractivity contribution is 6.01. The third kappa shape index (κ3) is 2.97. The van der Waals surface area contributed by atoms with Gasteiger partial charge in [0.15, 0.2) is 0 Å². The zero-order valence-electron chi connectivity index (χ0n) is 11.7. The zero-order valence-corrected chi connectivity index (χ0v) is 11.7. The molecular weight excluding hydrogens is 262 g/mol. The average Bonchev–Trinajstić information content (AvgIpc) is 3.33. The second kappa shape index (κ2) is 5.84. The van der Waals surface area contributed by atoms with Crippen molar-refractivity contribution in [3.63, 3.8) is 0 Å². The van der Waals surface area contributed by atoms with Crippen LogP contribution in [0.25, 0.3) is 10.8 Å². The number of urea groups is 1. The van der Waals surface area contributed by atoms with E-state index in [1.807, 2.05) is 42.5 Å². The van der Waals surface area contributed by atoms with E-state index in [-0.39, 0.29) is 6.03 Å². The monoisotopic (exact) mass is 279 g/mol. The molecule has 1 N–H and O–H groups in total. The van der Waals surface area contributed by atoms with Crippen LogP contribution in [0.1, 0.15) is 19.3 Å². The zero-order chi connectivity index (χ0) is 14.7. The van der Waals surface area contributed by atoms with Crippen molar-refractivity contribution < 1.29 is 4.79 Å². The molecule has 0 unspecified atom stereocenters. The largest absolute Gasteiger partial charge is 0.322 e. The number of carbonyl (C=O) groups excluding carboxylic acids is 1. The van der Waals surface area contributed by atoms with Crippen molar-refractivity contribution in [2.75, 3.05) is 11.9 Å². The summed E-state index contributed by atoms with van der Waals surface area (Å²) >= 11 is 0. The minimum Gasteiger partial charge on any atom is -0.321 e. The van der Waals surface area contributed by atoms with Crippen molar-refractivity contribution in [2.24, 2.45) is 0 Å². The third-order valence-corrected chi connectivity index (χ3v) is 3.74. The summed E-state index contributed by atoms with van der Waals surface area (Å²) in [7, 11) is 0. The standard InChI is InChI=1S/C17H17N3O/c18-11-4-12-20(14-9-10-14)17(21)19-16-8-3-6-13-5-1-2-7-15(13)16/h1-3,5-8,14H,4,9-10,12H2,(H,19,21). The number of benzene rings is 2. The molecule has 3 rings (SSSR count). The fraction of sp³-hybridized carbons (Fsp3) is 0.294. The number of hydrogen-bond acceptors (Lipinski definition) is 2. The van der Waals surface area contributed by atoms with Crippen molar-refractivity contribution in [2.45, 2.75) is 25.3 Å². The molecule has 1 fully saturated rings. The Balaban J connectivity index is 1.80. The van der Waals surface area contributed by atoms with Gasteiger partial charge in [-0.15, -0.1) is 0 Å². The molecule has 0 aromatic heterocycles. The first kappa shape index (κ1) is 13.4. The van der Waals surface area contributed by atoms with Crippen LogP contribution in [0.4, 0.5) is 10.5 Å². The molecule has 4 heteroatoms. The van der Waals surface area contributed by atoms with Crippen molar-refractivity contribution in [3.8, 4) is 6.07 Å². The number of anilines is 1. The molecular formula is C17H17N3O. The number of rotatable bonds is 4. The van der Waals surface area contributed by atoms with Gasteiger partial charge in [0.05, 0.1) is 18.2 Å². The molecule has 4 nitrogen and oxygen atoms in total. The first-order valence-corrected chi connectivity index (χ1v) is 7.22. The first-order chi connectivity index (χ1) is 10.3. The minimum absolute atomic E-state index is 0.107. The SMILES string of the molecule is N#CCCN(C(=O)Nc1cccc2ccccc12)C1CC1. The molecule has 0 saturated heterocycles. The van der Waals surface area contributed by atoms with Gasteiger partial charge in [-0.25, -0.2) is 4.79 Å². The van der Waals surface area contributed by atoms with Crippen LogP contribution in [-0.2, 0) is 0 Å². The van der Waals surface area contributed by atoms with Gasteiger partial charge in [0, 0.05) is 18.0 Å². The Labute approximate surface area is 124 Å². The van der Waals surface area contributed by atoms with Crippen molar-refractivity contribution in [3.05, 3.63) is 42.5 Å². The van der Waals surface area contributed by atoms with E-state index in [1.165, 1.54) is 0 Å². The molecule has 0 aliphatic heterocycles. The van der Waals surface area contributed by atoms with E-state index >= 15 is 0 Å². The molecule has 2 aromatic carbocycles. The molecule has 1 saturated carbocycles. The molecule has 2 aromatic rings. The van der Waals surface area contributed by atoms with Gasteiger partial charge in [0.25, 0.3) is 0 Å². The Bertz CT molecular complexity index is 695. The lowest BCUT2D eigenvalue weighted by atomic mass is 10.1. The number of nitrogens with zero attached hydrogens (tertiary/aromatic N) is 2. The molecule has 21 heavy (non-hydrogen) atoms. The van der Waals surface area contributed by atoms with Gasteiger partial charge in [-0.2, -0.15) is 5.26 Å². The quantitative estimate of drug-likeness (QED) is 0.926. The Morgan fingerprint density at radius 1 is 1.24 bits per heavy atom. The number of fused-ring (bicyclic) bond motifs is 1. The van der Waals surface area contributed by atoms with Crippen LogP contribution in [-0.4, -0.2) is 23.5 Å². The predicted molar refractivity (Wildman–Crippen MR) is 82.9 cm³/mol. The molecule has 0 heterocycles. The molecule has 0 spiro atoms. The average molecular weight is 279 g/mol. The van der Waals surface area contributed by atoms with Crippen LogP contribution < -0.4 is 5.32 Å². The van der Waals surface area contributed by atoms with Gasteiger partial charge in [0.2, 0.25) is 0 Å². The number of carbonyl (C=O) groups is 1. The first-order valence-electron chi connectivity index (χ1n) is 7.22. The van der Waals surface area contributed by atoms with Crippen molar-refractivity contribution in [1.82, 2.24) is 4.90 Å². The maximum absolute atomic E-state index is 12.4. The molecule has 1 aliphatic rings. The van der Waals surface area contributed by atoms with Crippen molar-refractivity contribution >= 4 is 22.5 Å². The van der Waals surface area contributed by atoms with Crippen LogP contribution in [0.5, 0.6) is 0 Å². The van der Waals surface area contributed by atoms with Gasteiger partial charge >= 0.3 is 6.03 Å². The van der Waals surface area contributed by atoms with E-state index in [9.17, 15) is 4.79 Å². The lowest BCUT2D eigenvalue weighted by Gasteiger charge is -2.22. The molecule has 2 amide bonds. The Morgan fingerprint density at radius 3 is 2.76 bits per heavy atom. The fourth-order valence-electron chi connectivity index (χ4n) is 2.53. The van der Waals surface area contributed by atoms with Gasteiger partial charge in [-0.3, -0.25) is 0 Å². The Kier molecular flexibility index (Phi) is 3.74. The summed E-state index contributed by atoms with van der Waals surface area (Å²) in [6, 6.07) is 16.2. The van der Waals surface area contributed by atoms with E-state index in [0.29, 0.717) is 19.0 Å². The summed E-state index contributed by atoms with van der Waals surface area (Å²) in [4.78, 5) is 14.2. The lowest BCUT2D eigenvalue weighted by Crippen LogP contribution is -2.37. The summed E-state index contributed by atoms with van der Waals surface area (Å²) < 4.78 is 0. The third-order valence-electron chi connectivity index (χ3n) is 3.74. The summed E-state index contributed by atoms with van der Waals surface area (Å²) in [5.74, 6) is 0. The highest BCUT2D eigenvalue weighted by Crippen LogP contribution is 2.29. The van der Waals surface area contributed by atoms with Gasteiger partial charge in [0.1, 0.15) is 0 Å². The minimum atomic E-state index is -0.107. The normalized spacial score (nSPS) is 13.7. The smallest absolute Gasteiger partial charge is 0.321 e. The maximum atomic E-state index is 12.4. The Morgan fingerprint density at radius 2 is 2.00 bits per heavy atom. The number of hydrogen-bond donors (Lipinski definition) is 1. The second-order valence-electron chi connectivity index (χ2n) is 5.29. The van der Waals surface area contributed by atoms with E-state index in [2.05, 4.69) is 11.4 Å². The Hall–Kier alpha value is -2.54. The van der Waals surface area contributed by atoms with E-state index < -0.39 is 0 Å². The topological polar surface area (TPSA) is 56.1 Å². The highest BCUT2D eigenvalue weighted by Gasteiger charge is 2.32. The molecule has 0 bridgehead atoms. The molecule has 106 valence electrons. The second-order valence-corrected chi connectivity index (χ2v) is 5.29. The van der Waals surface area contributed by atoms with Crippen LogP contribution in [0.3, 0.4) is 0 Å². The van der Waals surface area contributed by atoms with Crippen LogP contribution in [0.2, 0.25) is 0 Å². The van der Waals surface area contributed by atoms with Gasteiger partial charge < -0.3 is 10.2 Å². The number of nitriles is 1. The van der Waals surface area contributed by atoms with Gasteiger partial charge in [-0.05, 0) is 24.3 Å². The summed E-state index contributed by atoms with van der Waals surface area (Å²) in [6.07, 6.45) is 2.45. The molecule has 0 radical (unpaired) electrons. The summed E-state index contributed by atoms with van der Waals surface area (Å²) in [6.45, 7) is 0.498. The predicted octanol–water partition coefficient (Wildman–Crippen LogP) is 3.75. The van der Waals surface area contributed by atoms with Crippen molar-refractivity contribution in [1.29, 1.82) is 5.26 Å². The van der Waals surface area contributed by atoms with Gasteiger partial charge in [-0.1, -0.05) is 36.4 Å². The van der Waals surface area contributed by atoms with Crippen LogP contribution in [0, 0.1) is 11.3 Å². The number of amides is 2. The molecule has 0 atom stereocenters. The maximum Gasteiger partial charge on any atom is 0.322 e. The van der Waals surface area contributed by atoms with E-state index in [1.54, 1.807) is 4.90 Å².